The Bertz CT molecular complexity index is 997. The molecule has 1 aromatic carbocycles. The maximum Gasteiger partial charge on any atom is 0.573 e. The van der Waals surface area contributed by atoms with Crippen LogP contribution in [0.2, 0.25) is 0 Å². The normalized spacial score (nSPS) is 28.5. The second-order valence-corrected chi connectivity index (χ2v) is 9.63. The first kappa shape index (κ1) is 21.4. The molecular formula is C24H27F3N2O4. The van der Waals surface area contributed by atoms with E-state index in [0.29, 0.717) is 37.3 Å². The lowest BCUT2D eigenvalue weighted by molar-refractivity contribution is -0.274. The fourth-order valence-electron chi connectivity index (χ4n) is 6.06. The van der Waals surface area contributed by atoms with Crippen molar-refractivity contribution in [3.05, 3.63) is 35.6 Å². The van der Waals surface area contributed by atoms with Crippen molar-refractivity contribution in [1.82, 2.24) is 10.5 Å². The van der Waals surface area contributed by atoms with Gasteiger partial charge in [0.2, 0.25) is 0 Å². The molecule has 1 N–H and O–H groups in total. The van der Waals surface area contributed by atoms with Crippen molar-refractivity contribution >= 4 is 0 Å². The van der Waals surface area contributed by atoms with E-state index in [1.54, 1.807) is 12.1 Å². The van der Waals surface area contributed by atoms with Crippen LogP contribution < -0.4 is 10.1 Å². The summed E-state index contributed by atoms with van der Waals surface area (Å²) in [6, 6.07) is 6.40. The van der Waals surface area contributed by atoms with Gasteiger partial charge >= 0.3 is 6.36 Å². The maximum atomic E-state index is 13.0. The minimum atomic E-state index is -4.78. The van der Waals surface area contributed by atoms with E-state index >= 15 is 0 Å². The molecule has 1 aliphatic heterocycles. The van der Waals surface area contributed by atoms with Crippen molar-refractivity contribution in [2.24, 2.45) is 11.8 Å². The summed E-state index contributed by atoms with van der Waals surface area (Å²) in [6.07, 6.45) is 1.38. The number of para-hydroxylation sites is 1. The molecule has 6 rings (SSSR count). The number of benzene rings is 1. The van der Waals surface area contributed by atoms with E-state index < -0.39 is 12.1 Å². The average molecular weight is 464 g/mol. The molecule has 178 valence electrons. The first-order valence-corrected chi connectivity index (χ1v) is 11.8. The van der Waals surface area contributed by atoms with E-state index in [9.17, 15) is 13.2 Å². The van der Waals surface area contributed by atoms with Crippen molar-refractivity contribution in [3.63, 3.8) is 0 Å². The summed E-state index contributed by atoms with van der Waals surface area (Å²) in [5.41, 5.74) is 1.54. The van der Waals surface area contributed by atoms with Gasteiger partial charge in [-0.1, -0.05) is 17.3 Å². The van der Waals surface area contributed by atoms with Gasteiger partial charge in [-0.05, 0) is 50.7 Å². The molecule has 9 heteroatoms. The highest BCUT2D eigenvalue weighted by atomic mass is 19.4. The highest BCUT2D eigenvalue weighted by molar-refractivity contribution is 5.70. The number of hydrogen-bond donors (Lipinski definition) is 1. The standard InChI is InChI=1S/C24H27F3N2O4/c25-24(26,27)32-20-4-2-1-3-18(20)21-19(22(33-29-21)14-5-6-14)13-28-17-11-15-7-8-16(12-17)23(15)30-9-10-31-23/h1-4,14-17,28H,5-13H2/t15-,16+,17?. The Morgan fingerprint density at radius 3 is 2.39 bits per heavy atom. The minimum Gasteiger partial charge on any atom is -0.405 e. The largest absolute Gasteiger partial charge is 0.573 e. The van der Waals surface area contributed by atoms with Crippen LogP contribution in [0.5, 0.6) is 5.75 Å². The maximum absolute atomic E-state index is 13.0. The van der Waals surface area contributed by atoms with Crippen LogP contribution in [0.15, 0.2) is 28.8 Å². The van der Waals surface area contributed by atoms with Gasteiger partial charge in [0.1, 0.15) is 17.2 Å². The number of hydrogen-bond acceptors (Lipinski definition) is 6. The van der Waals surface area contributed by atoms with Gasteiger partial charge in [-0.2, -0.15) is 0 Å². The molecular weight excluding hydrogens is 437 g/mol. The van der Waals surface area contributed by atoms with Gasteiger partial charge in [-0.25, -0.2) is 0 Å². The monoisotopic (exact) mass is 464 g/mol. The Kier molecular flexibility index (Phi) is 5.19. The number of nitrogens with one attached hydrogen (secondary N) is 1. The number of rotatable bonds is 6. The zero-order valence-electron chi connectivity index (χ0n) is 18.2. The molecule has 4 aliphatic rings. The second kappa shape index (κ2) is 7.99. The SMILES string of the molecule is FC(F)(F)Oc1ccccc1-c1noc(C2CC2)c1CNC1C[C@H]2CC[C@@H](C1)C21OCCO1. The summed E-state index contributed by atoms with van der Waals surface area (Å²) in [7, 11) is 0. The van der Waals surface area contributed by atoms with Crippen LogP contribution in [0.25, 0.3) is 11.3 Å². The van der Waals surface area contributed by atoms with Gasteiger partial charge in [0.15, 0.2) is 5.79 Å². The molecule has 0 radical (unpaired) electrons. The quantitative estimate of drug-likeness (QED) is 0.639. The molecule has 4 fully saturated rings. The van der Waals surface area contributed by atoms with Gasteiger partial charge in [0, 0.05) is 41.5 Å². The van der Waals surface area contributed by atoms with Gasteiger partial charge < -0.3 is 24.1 Å². The lowest BCUT2D eigenvalue weighted by atomic mass is 9.79. The van der Waals surface area contributed by atoms with E-state index in [-0.39, 0.29) is 23.3 Å². The molecule has 2 bridgehead atoms. The first-order chi connectivity index (χ1) is 15.9. The summed E-state index contributed by atoms with van der Waals surface area (Å²) in [5.74, 6) is 1.15. The van der Waals surface area contributed by atoms with Crippen molar-refractivity contribution < 1.29 is 31.9 Å². The van der Waals surface area contributed by atoms with E-state index in [4.69, 9.17) is 14.0 Å². The Hall–Kier alpha value is -2.10. The lowest BCUT2D eigenvalue weighted by Gasteiger charge is -2.42. The molecule has 1 unspecified atom stereocenters. The van der Waals surface area contributed by atoms with Crippen LogP contribution in [0, 0.1) is 11.8 Å². The fraction of sp³-hybridized carbons (Fsp3) is 0.625. The molecule has 1 saturated heterocycles. The molecule has 33 heavy (non-hydrogen) atoms. The summed E-state index contributed by atoms with van der Waals surface area (Å²) >= 11 is 0. The molecule has 2 aromatic rings. The Balaban J connectivity index is 1.24. The van der Waals surface area contributed by atoms with Crippen LogP contribution in [-0.2, 0) is 16.0 Å². The smallest absolute Gasteiger partial charge is 0.405 e. The van der Waals surface area contributed by atoms with Crippen molar-refractivity contribution in [3.8, 4) is 17.0 Å². The predicted molar refractivity (Wildman–Crippen MR) is 111 cm³/mol. The van der Waals surface area contributed by atoms with E-state index in [1.165, 1.54) is 12.1 Å². The van der Waals surface area contributed by atoms with Crippen molar-refractivity contribution in [2.45, 2.75) is 69.2 Å². The molecule has 3 saturated carbocycles. The zero-order chi connectivity index (χ0) is 22.6. The summed E-state index contributed by atoms with van der Waals surface area (Å²) in [5, 5.41) is 7.86. The average Bonchev–Trinajstić information content (AvgIpc) is 3.31. The van der Waals surface area contributed by atoms with E-state index in [0.717, 1.165) is 49.8 Å². The van der Waals surface area contributed by atoms with Crippen LogP contribution in [0.1, 0.15) is 55.8 Å². The molecule has 6 nitrogen and oxygen atoms in total. The molecule has 3 atom stereocenters. The summed E-state index contributed by atoms with van der Waals surface area (Å²) < 4.78 is 61.0. The number of alkyl halides is 3. The topological polar surface area (TPSA) is 65.8 Å². The van der Waals surface area contributed by atoms with Gasteiger partial charge in [-0.3, -0.25) is 0 Å². The van der Waals surface area contributed by atoms with Crippen molar-refractivity contribution in [2.75, 3.05) is 13.2 Å². The van der Waals surface area contributed by atoms with Gasteiger partial charge in [0.25, 0.3) is 0 Å². The van der Waals surface area contributed by atoms with Crippen LogP contribution in [-0.4, -0.2) is 36.6 Å². The molecule has 1 spiro atoms. The Morgan fingerprint density at radius 1 is 1.03 bits per heavy atom. The predicted octanol–water partition coefficient (Wildman–Crippen LogP) is 5.14. The van der Waals surface area contributed by atoms with E-state index in [1.807, 2.05) is 0 Å². The third-order valence-electron chi connectivity index (χ3n) is 7.58. The summed E-state index contributed by atoms with van der Waals surface area (Å²) in [6.45, 7) is 1.82. The van der Waals surface area contributed by atoms with Crippen LogP contribution in [0.3, 0.4) is 0 Å². The third-order valence-corrected chi connectivity index (χ3v) is 7.58. The van der Waals surface area contributed by atoms with Crippen LogP contribution >= 0.6 is 0 Å². The second-order valence-electron chi connectivity index (χ2n) is 9.63. The van der Waals surface area contributed by atoms with Gasteiger partial charge in [0.05, 0.1) is 13.2 Å². The third kappa shape index (κ3) is 3.94. The molecule has 0 amide bonds. The zero-order valence-corrected chi connectivity index (χ0v) is 18.2. The number of aromatic nitrogens is 1. The first-order valence-electron chi connectivity index (χ1n) is 11.8. The highest BCUT2D eigenvalue weighted by Crippen LogP contribution is 2.54. The molecule has 1 aromatic heterocycles. The number of nitrogens with zero attached hydrogens (tertiary/aromatic N) is 1. The Labute approximate surface area is 189 Å². The van der Waals surface area contributed by atoms with Gasteiger partial charge in [-0.15, -0.1) is 13.2 Å². The Morgan fingerprint density at radius 2 is 1.73 bits per heavy atom. The minimum absolute atomic E-state index is 0.268. The highest BCUT2D eigenvalue weighted by Gasteiger charge is 2.58. The molecule has 3 aliphatic carbocycles. The fourth-order valence-corrected chi connectivity index (χ4v) is 6.06. The number of halogens is 3. The van der Waals surface area contributed by atoms with Crippen molar-refractivity contribution in [1.29, 1.82) is 0 Å². The van der Waals surface area contributed by atoms with E-state index in [2.05, 4.69) is 15.2 Å². The van der Waals surface area contributed by atoms with Crippen LogP contribution in [0.4, 0.5) is 13.2 Å². The summed E-state index contributed by atoms with van der Waals surface area (Å²) in [4.78, 5) is 0. The lowest BCUT2D eigenvalue weighted by Crippen LogP contribution is -2.50. The molecule has 2 heterocycles. The number of ether oxygens (including phenoxy) is 3.